The molecule has 0 saturated carbocycles. The van der Waals surface area contributed by atoms with Gasteiger partial charge >= 0.3 is 0 Å². The molecule has 0 aliphatic heterocycles. The second-order valence-corrected chi connectivity index (χ2v) is 5.24. The summed E-state index contributed by atoms with van der Waals surface area (Å²) in [5.74, 6) is 0.0236. The topological polar surface area (TPSA) is 65.6 Å². The molecule has 2 aromatic rings. The maximum absolute atomic E-state index is 12.1. The van der Waals surface area contributed by atoms with Gasteiger partial charge in [-0.2, -0.15) is 0 Å². The Morgan fingerprint density at radius 2 is 2.19 bits per heavy atom. The summed E-state index contributed by atoms with van der Waals surface area (Å²) in [6.45, 7) is 0.528. The number of nitrogens with zero attached hydrogens (tertiary/aromatic N) is 1. The summed E-state index contributed by atoms with van der Waals surface area (Å²) in [6.07, 6.45) is 2.43. The van der Waals surface area contributed by atoms with Crippen LogP contribution in [0.5, 0.6) is 0 Å². The van der Waals surface area contributed by atoms with E-state index in [0.717, 1.165) is 16.5 Å². The number of nitrogens with one attached hydrogen (secondary N) is 1. The van der Waals surface area contributed by atoms with E-state index >= 15 is 0 Å². The van der Waals surface area contributed by atoms with E-state index in [1.165, 1.54) is 7.11 Å². The van der Waals surface area contributed by atoms with Crippen molar-refractivity contribution in [2.75, 3.05) is 27.3 Å². The van der Waals surface area contributed by atoms with Crippen molar-refractivity contribution in [3.8, 4) is 0 Å². The Morgan fingerprint density at radius 3 is 2.95 bits per heavy atom. The van der Waals surface area contributed by atoms with E-state index in [0.29, 0.717) is 19.4 Å². The van der Waals surface area contributed by atoms with Gasteiger partial charge in [0.1, 0.15) is 0 Å². The number of carbonyl (C=O) groups excluding carboxylic acids is 1. The summed E-state index contributed by atoms with van der Waals surface area (Å²) in [4.78, 5) is 16.8. The Kier molecular flexibility index (Phi) is 5.36. The van der Waals surface area contributed by atoms with E-state index in [1.807, 2.05) is 24.4 Å². The lowest BCUT2D eigenvalue weighted by Gasteiger charge is -2.20. The number of amides is 1. The summed E-state index contributed by atoms with van der Waals surface area (Å²) in [5.41, 5.74) is 2.23. The number of aromatic amines is 1. The van der Waals surface area contributed by atoms with E-state index in [4.69, 9.17) is 4.74 Å². The van der Waals surface area contributed by atoms with E-state index in [9.17, 15) is 9.90 Å². The minimum atomic E-state index is -0.642. The Hall–Kier alpha value is -1.85. The average Bonchev–Trinajstić information content (AvgIpc) is 2.88. The molecule has 1 atom stereocenters. The Bertz CT molecular complexity index is 594. The normalized spacial score (nSPS) is 12.5. The van der Waals surface area contributed by atoms with Crippen molar-refractivity contribution in [1.29, 1.82) is 0 Å². The van der Waals surface area contributed by atoms with Crippen molar-refractivity contribution < 1.29 is 14.6 Å². The molecule has 5 nitrogen and oxygen atoms in total. The SMILES string of the molecule is COCC(O)CN(C)C(=O)CCc1c[nH]c2ccccc12. The molecule has 2 N–H and O–H groups in total. The maximum Gasteiger partial charge on any atom is 0.222 e. The van der Waals surface area contributed by atoms with Crippen LogP contribution in [-0.2, 0) is 16.0 Å². The fourth-order valence-electron chi connectivity index (χ4n) is 2.43. The van der Waals surface area contributed by atoms with Gasteiger partial charge < -0.3 is 19.7 Å². The zero-order valence-corrected chi connectivity index (χ0v) is 12.5. The number of benzene rings is 1. The van der Waals surface area contributed by atoms with Gasteiger partial charge in [0.15, 0.2) is 0 Å². The van der Waals surface area contributed by atoms with E-state index in [1.54, 1.807) is 11.9 Å². The molecule has 1 aromatic heterocycles. The number of aromatic nitrogens is 1. The molecule has 0 radical (unpaired) electrons. The largest absolute Gasteiger partial charge is 0.389 e. The number of carbonyl (C=O) groups is 1. The molecule has 1 heterocycles. The molecule has 1 aromatic carbocycles. The number of likely N-dealkylation sites (N-methyl/N-ethyl adjacent to an activating group) is 1. The van der Waals surface area contributed by atoms with Crippen LogP contribution >= 0.6 is 0 Å². The highest BCUT2D eigenvalue weighted by Gasteiger charge is 2.14. The molecule has 0 saturated heterocycles. The molecular formula is C16H22N2O3. The molecule has 0 aliphatic carbocycles. The van der Waals surface area contributed by atoms with Crippen LogP contribution in [-0.4, -0.2) is 54.3 Å². The first-order valence-electron chi connectivity index (χ1n) is 7.07. The number of rotatable bonds is 7. The molecule has 21 heavy (non-hydrogen) atoms. The predicted octanol–water partition coefficient (Wildman–Crippen LogP) is 1.57. The first kappa shape index (κ1) is 15.5. The molecule has 1 amide bonds. The lowest BCUT2D eigenvalue weighted by atomic mass is 10.1. The van der Waals surface area contributed by atoms with Crippen LogP contribution in [0.15, 0.2) is 30.5 Å². The van der Waals surface area contributed by atoms with Gasteiger partial charge in [0.25, 0.3) is 0 Å². The summed E-state index contributed by atoms with van der Waals surface area (Å²) in [6, 6.07) is 8.05. The van der Waals surface area contributed by atoms with Crippen LogP contribution in [0.1, 0.15) is 12.0 Å². The second-order valence-electron chi connectivity index (χ2n) is 5.24. The van der Waals surface area contributed by atoms with Crippen molar-refractivity contribution in [3.05, 3.63) is 36.0 Å². The van der Waals surface area contributed by atoms with Gasteiger partial charge in [0, 0.05) is 44.2 Å². The van der Waals surface area contributed by atoms with Gasteiger partial charge in [-0.3, -0.25) is 4.79 Å². The minimum absolute atomic E-state index is 0.0236. The highest BCUT2D eigenvalue weighted by Crippen LogP contribution is 2.19. The van der Waals surface area contributed by atoms with Gasteiger partial charge in [-0.05, 0) is 18.1 Å². The molecule has 1 unspecified atom stereocenters. The van der Waals surface area contributed by atoms with Crippen LogP contribution < -0.4 is 0 Å². The van der Waals surface area contributed by atoms with Gasteiger partial charge in [0.05, 0.1) is 12.7 Å². The number of fused-ring (bicyclic) bond motifs is 1. The third-order valence-electron chi connectivity index (χ3n) is 3.55. The summed E-state index contributed by atoms with van der Waals surface area (Å²) in [5, 5.41) is 10.8. The fraction of sp³-hybridized carbons (Fsp3) is 0.438. The quantitative estimate of drug-likeness (QED) is 0.813. The number of hydrogen-bond donors (Lipinski definition) is 2. The van der Waals surface area contributed by atoms with Crippen LogP contribution in [0.3, 0.4) is 0 Å². The van der Waals surface area contributed by atoms with Crippen LogP contribution in [0, 0.1) is 0 Å². The Balaban J connectivity index is 1.89. The van der Waals surface area contributed by atoms with Crippen molar-refractivity contribution in [2.24, 2.45) is 0 Å². The van der Waals surface area contributed by atoms with Gasteiger partial charge in [-0.25, -0.2) is 0 Å². The number of methoxy groups -OCH3 is 1. The highest BCUT2D eigenvalue weighted by atomic mass is 16.5. The van der Waals surface area contributed by atoms with Crippen LogP contribution in [0.2, 0.25) is 0 Å². The number of H-pyrrole nitrogens is 1. The van der Waals surface area contributed by atoms with E-state index in [-0.39, 0.29) is 12.5 Å². The predicted molar refractivity (Wildman–Crippen MR) is 82.1 cm³/mol. The van der Waals surface area contributed by atoms with Crippen LogP contribution in [0.25, 0.3) is 10.9 Å². The number of aryl methyl sites for hydroxylation is 1. The molecule has 0 spiro atoms. The number of aliphatic hydroxyl groups excluding tert-OH is 1. The van der Waals surface area contributed by atoms with Crippen molar-refractivity contribution >= 4 is 16.8 Å². The first-order valence-corrected chi connectivity index (χ1v) is 7.07. The monoisotopic (exact) mass is 290 g/mol. The van der Waals surface area contributed by atoms with Gasteiger partial charge in [-0.1, -0.05) is 18.2 Å². The molecule has 0 aliphatic rings. The number of ether oxygens (including phenoxy) is 1. The second kappa shape index (κ2) is 7.24. The number of hydrogen-bond acceptors (Lipinski definition) is 3. The zero-order valence-electron chi connectivity index (χ0n) is 12.5. The van der Waals surface area contributed by atoms with Gasteiger partial charge in [-0.15, -0.1) is 0 Å². The number of para-hydroxylation sites is 1. The lowest BCUT2D eigenvalue weighted by Crippen LogP contribution is -2.36. The summed E-state index contributed by atoms with van der Waals surface area (Å²) >= 11 is 0. The van der Waals surface area contributed by atoms with Crippen molar-refractivity contribution in [2.45, 2.75) is 18.9 Å². The molecule has 2 rings (SSSR count). The van der Waals surface area contributed by atoms with Crippen LogP contribution in [0.4, 0.5) is 0 Å². The lowest BCUT2D eigenvalue weighted by molar-refractivity contribution is -0.131. The minimum Gasteiger partial charge on any atom is -0.389 e. The third-order valence-corrected chi connectivity index (χ3v) is 3.55. The maximum atomic E-state index is 12.1. The number of aliphatic hydroxyl groups is 1. The van der Waals surface area contributed by atoms with E-state index in [2.05, 4.69) is 11.1 Å². The standard InChI is InChI=1S/C16H22N2O3/c1-18(10-13(19)11-21-2)16(20)8-7-12-9-17-15-6-4-3-5-14(12)15/h3-6,9,13,17,19H,7-8,10-11H2,1-2H3. The molecule has 114 valence electrons. The Labute approximate surface area is 124 Å². The fourth-order valence-corrected chi connectivity index (χ4v) is 2.43. The summed E-state index contributed by atoms with van der Waals surface area (Å²) in [7, 11) is 3.23. The molecule has 0 fully saturated rings. The van der Waals surface area contributed by atoms with Crippen molar-refractivity contribution in [3.63, 3.8) is 0 Å². The Morgan fingerprint density at radius 1 is 1.43 bits per heavy atom. The molecule has 0 bridgehead atoms. The third kappa shape index (κ3) is 4.06. The van der Waals surface area contributed by atoms with E-state index < -0.39 is 6.10 Å². The van der Waals surface area contributed by atoms with Crippen molar-refractivity contribution in [1.82, 2.24) is 9.88 Å². The highest BCUT2D eigenvalue weighted by molar-refractivity contribution is 5.84. The zero-order chi connectivity index (χ0) is 15.2. The molecule has 5 heteroatoms. The smallest absolute Gasteiger partial charge is 0.222 e. The first-order chi connectivity index (χ1) is 10.1. The molecular weight excluding hydrogens is 268 g/mol. The van der Waals surface area contributed by atoms with Gasteiger partial charge in [0.2, 0.25) is 5.91 Å². The summed E-state index contributed by atoms with van der Waals surface area (Å²) < 4.78 is 4.86. The average molecular weight is 290 g/mol.